The minimum Gasteiger partial charge on any atom is -0.489 e. The van der Waals surface area contributed by atoms with E-state index in [4.69, 9.17) is 9.15 Å². The van der Waals surface area contributed by atoms with Crippen LogP contribution in [0.4, 0.5) is 0 Å². The Kier molecular flexibility index (Phi) is 3.75. The Morgan fingerprint density at radius 1 is 1.24 bits per heavy atom. The molecule has 0 unspecified atom stereocenters. The summed E-state index contributed by atoms with van der Waals surface area (Å²) in [6.07, 6.45) is 3.47. The van der Waals surface area contributed by atoms with Crippen molar-refractivity contribution in [3.63, 3.8) is 0 Å². The van der Waals surface area contributed by atoms with Crippen LogP contribution in [0.25, 0.3) is 11.0 Å². The first-order valence-electron chi connectivity index (χ1n) is 6.38. The molecule has 3 rings (SSSR count). The van der Waals surface area contributed by atoms with Crippen molar-refractivity contribution in [2.45, 2.75) is 13.5 Å². The van der Waals surface area contributed by atoms with E-state index in [1.807, 2.05) is 25.1 Å². The van der Waals surface area contributed by atoms with Gasteiger partial charge in [-0.3, -0.25) is 4.98 Å². The topological polar surface area (TPSA) is 52.3 Å². The van der Waals surface area contributed by atoms with Crippen LogP contribution in [0.5, 0.6) is 5.75 Å². The molecule has 21 heavy (non-hydrogen) atoms. The number of pyridine rings is 1. The molecule has 0 fully saturated rings. The second kappa shape index (κ2) is 5.69. The lowest BCUT2D eigenvalue weighted by Gasteiger charge is -2.07. The van der Waals surface area contributed by atoms with Gasteiger partial charge in [0.1, 0.15) is 17.9 Å². The Morgan fingerprint density at radius 2 is 2.10 bits per heavy atom. The maximum atomic E-state index is 11.4. The summed E-state index contributed by atoms with van der Waals surface area (Å²) in [6, 6.07) is 8.91. The molecular weight excluding hydrogens is 334 g/mol. The Morgan fingerprint density at radius 3 is 2.90 bits per heavy atom. The lowest BCUT2D eigenvalue weighted by molar-refractivity contribution is 0.305. The first kappa shape index (κ1) is 13.8. The van der Waals surface area contributed by atoms with Crippen molar-refractivity contribution in [3.8, 4) is 5.75 Å². The first-order valence-corrected chi connectivity index (χ1v) is 7.18. The molecule has 0 N–H and O–H groups in total. The van der Waals surface area contributed by atoms with Crippen LogP contribution in [0.3, 0.4) is 0 Å². The largest absolute Gasteiger partial charge is 0.489 e. The third kappa shape index (κ3) is 3.13. The van der Waals surface area contributed by atoms with Crippen LogP contribution in [-0.2, 0) is 6.61 Å². The number of hydrogen-bond donors (Lipinski definition) is 0. The molecule has 1 aromatic carbocycles. The van der Waals surface area contributed by atoms with Crippen LogP contribution in [0.2, 0.25) is 0 Å². The molecule has 0 amide bonds. The molecule has 0 radical (unpaired) electrons. The number of fused-ring (bicyclic) bond motifs is 1. The Labute approximate surface area is 129 Å². The molecule has 3 aromatic rings. The molecule has 0 saturated carbocycles. The minimum absolute atomic E-state index is 0.353. The highest BCUT2D eigenvalue weighted by atomic mass is 79.9. The lowest BCUT2D eigenvalue weighted by atomic mass is 10.1. The van der Waals surface area contributed by atoms with Gasteiger partial charge in [-0.25, -0.2) is 4.79 Å². The molecule has 2 heterocycles. The van der Waals surface area contributed by atoms with Gasteiger partial charge >= 0.3 is 5.63 Å². The van der Waals surface area contributed by atoms with Gasteiger partial charge in [-0.15, -0.1) is 0 Å². The monoisotopic (exact) mass is 345 g/mol. The maximum Gasteiger partial charge on any atom is 0.336 e. The van der Waals surface area contributed by atoms with E-state index >= 15 is 0 Å². The van der Waals surface area contributed by atoms with Crippen molar-refractivity contribution in [2.24, 2.45) is 0 Å². The number of aromatic nitrogens is 1. The molecule has 0 atom stereocenters. The normalized spacial score (nSPS) is 10.8. The smallest absolute Gasteiger partial charge is 0.336 e. The van der Waals surface area contributed by atoms with Crippen molar-refractivity contribution >= 4 is 26.9 Å². The molecular formula is C16H12BrNO3. The highest BCUT2D eigenvalue weighted by Gasteiger charge is 2.04. The summed E-state index contributed by atoms with van der Waals surface area (Å²) < 4.78 is 11.8. The Bertz CT molecular complexity index is 858. The number of benzene rings is 1. The van der Waals surface area contributed by atoms with Crippen LogP contribution in [0.1, 0.15) is 11.1 Å². The predicted molar refractivity (Wildman–Crippen MR) is 83.5 cm³/mol. The number of rotatable bonds is 3. The SMILES string of the molecule is Cc1cc(=O)oc2cc(OCc3cncc(Br)c3)ccc12. The summed E-state index contributed by atoms with van der Waals surface area (Å²) in [5.41, 5.74) is 2.03. The van der Waals surface area contributed by atoms with Crippen LogP contribution in [0, 0.1) is 6.92 Å². The van der Waals surface area contributed by atoms with E-state index in [1.165, 1.54) is 6.07 Å². The molecule has 0 aliphatic carbocycles. The van der Waals surface area contributed by atoms with E-state index in [1.54, 1.807) is 18.5 Å². The molecule has 106 valence electrons. The van der Waals surface area contributed by atoms with Crippen molar-refractivity contribution in [2.75, 3.05) is 0 Å². The lowest BCUT2D eigenvalue weighted by Crippen LogP contribution is -1.99. The van der Waals surface area contributed by atoms with E-state index in [2.05, 4.69) is 20.9 Å². The minimum atomic E-state index is -0.353. The van der Waals surface area contributed by atoms with Crippen molar-refractivity contribution in [1.82, 2.24) is 4.98 Å². The Hall–Kier alpha value is -2.14. The van der Waals surface area contributed by atoms with Crippen molar-refractivity contribution in [3.05, 3.63) is 68.7 Å². The number of aryl methyl sites for hydroxylation is 1. The fourth-order valence-electron chi connectivity index (χ4n) is 2.10. The van der Waals surface area contributed by atoms with E-state index in [-0.39, 0.29) is 5.63 Å². The summed E-state index contributed by atoms with van der Waals surface area (Å²) in [5, 5.41) is 0.908. The van der Waals surface area contributed by atoms with Gasteiger partial charge in [-0.05, 0) is 46.6 Å². The van der Waals surface area contributed by atoms with Crippen LogP contribution in [0.15, 0.2) is 56.4 Å². The zero-order valence-corrected chi connectivity index (χ0v) is 12.9. The first-order chi connectivity index (χ1) is 10.1. The van der Waals surface area contributed by atoms with Gasteiger partial charge in [0.25, 0.3) is 0 Å². The standard InChI is InChI=1S/C16H12BrNO3/c1-10-4-16(19)21-15-6-13(2-3-14(10)15)20-9-11-5-12(17)8-18-7-11/h2-8H,9H2,1H3. The summed E-state index contributed by atoms with van der Waals surface area (Å²) >= 11 is 3.37. The number of halogens is 1. The highest BCUT2D eigenvalue weighted by Crippen LogP contribution is 2.23. The predicted octanol–water partition coefficient (Wildman–Crippen LogP) is 3.84. The summed E-state index contributed by atoms with van der Waals surface area (Å²) in [7, 11) is 0. The molecule has 0 spiro atoms. The molecule has 2 aromatic heterocycles. The summed E-state index contributed by atoms with van der Waals surface area (Å²) in [5.74, 6) is 0.649. The molecule has 0 aliphatic heterocycles. The highest BCUT2D eigenvalue weighted by molar-refractivity contribution is 9.10. The van der Waals surface area contributed by atoms with Gasteiger partial charge in [0, 0.05) is 39.9 Å². The third-order valence-corrected chi connectivity index (χ3v) is 3.52. The molecule has 0 saturated heterocycles. The van der Waals surface area contributed by atoms with E-state index in [0.717, 1.165) is 21.0 Å². The second-order valence-corrected chi connectivity index (χ2v) is 5.62. The zero-order valence-electron chi connectivity index (χ0n) is 11.3. The van der Waals surface area contributed by atoms with Gasteiger partial charge in [0.05, 0.1) is 0 Å². The zero-order chi connectivity index (χ0) is 14.8. The molecule has 0 bridgehead atoms. The fourth-order valence-corrected chi connectivity index (χ4v) is 2.51. The van der Waals surface area contributed by atoms with Crippen LogP contribution in [-0.4, -0.2) is 4.98 Å². The van der Waals surface area contributed by atoms with Crippen molar-refractivity contribution < 1.29 is 9.15 Å². The third-order valence-electron chi connectivity index (χ3n) is 3.09. The average Bonchev–Trinajstić information content (AvgIpc) is 2.44. The van der Waals surface area contributed by atoms with Gasteiger partial charge in [-0.2, -0.15) is 0 Å². The average molecular weight is 346 g/mol. The number of ether oxygens (including phenoxy) is 1. The van der Waals surface area contributed by atoms with Crippen LogP contribution >= 0.6 is 15.9 Å². The van der Waals surface area contributed by atoms with E-state index in [9.17, 15) is 4.79 Å². The van der Waals surface area contributed by atoms with Gasteiger partial charge in [0.15, 0.2) is 0 Å². The number of nitrogens with zero attached hydrogens (tertiary/aromatic N) is 1. The van der Waals surface area contributed by atoms with Gasteiger partial charge < -0.3 is 9.15 Å². The quantitative estimate of drug-likeness (QED) is 0.676. The van der Waals surface area contributed by atoms with Crippen molar-refractivity contribution in [1.29, 1.82) is 0 Å². The molecule has 5 heteroatoms. The second-order valence-electron chi connectivity index (χ2n) is 4.71. The van der Waals surface area contributed by atoms with E-state index in [0.29, 0.717) is 17.9 Å². The summed E-state index contributed by atoms with van der Waals surface area (Å²) in [4.78, 5) is 15.5. The van der Waals surface area contributed by atoms with E-state index < -0.39 is 0 Å². The molecule has 0 aliphatic rings. The maximum absolute atomic E-state index is 11.4. The van der Waals surface area contributed by atoms with Gasteiger partial charge in [0.2, 0.25) is 0 Å². The Balaban J connectivity index is 1.86. The fraction of sp³-hybridized carbons (Fsp3) is 0.125. The summed E-state index contributed by atoms with van der Waals surface area (Å²) in [6.45, 7) is 2.28. The van der Waals surface area contributed by atoms with Gasteiger partial charge in [-0.1, -0.05) is 0 Å². The number of hydrogen-bond acceptors (Lipinski definition) is 4. The van der Waals surface area contributed by atoms with Crippen LogP contribution < -0.4 is 10.4 Å². The molecule has 4 nitrogen and oxygen atoms in total.